The minimum atomic E-state index is 0. The zero-order valence-electron chi connectivity index (χ0n) is 9.21. The summed E-state index contributed by atoms with van der Waals surface area (Å²) in [6.45, 7) is 3.18. The van der Waals surface area contributed by atoms with Crippen molar-refractivity contribution in [3.63, 3.8) is 0 Å². The van der Waals surface area contributed by atoms with E-state index in [0.29, 0.717) is 6.04 Å². The maximum absolute atomic E-state index is 5.92. The Morgan fingerprint density at radius 1 is 1.44 bits per heavy atom. The van der Waals surface area contributed by atoms with Crippen LogP contribution in [-0.4, -0.2) is 29.0 Å². The molecule has 2 N–H and O–H groups in total. The highest BCUT2D eigenvalue weighted by molar-refractivity contribution is 5.85. The Morgan fingerprint density at radius 2 is 2.25 bits per heavy atom. The fraction of sp³-hybridized carbons (Fsp3) is 0.545. The molecule has 16 heavy (non-hydrogen) atoms. The second kappa shape index (κ2) is 7.85. The summed E-state index contributed by atoms with van der Waals surface area (Å²) in [4.78, 5) is 6.52. The van der Waals surface area contributed by atoms with E-state index in [9.17, 15) is 0 Å². The Labute approximate surface area is 109 Å². The molecule has 92 valence electrons. The van der Waals surface area contributed by atoms with Crippen molar-refractivity contribution in [1.29, 1.82) is 0 Å². The van der Waals surface area contributed by atoms with Gasteiger partial charge in [-0.25, -0.2) is 0 Å². The lowest BCUT2D eigenvalue weighted by Crippen LogP contribution is -2.42. The second-order valence-electron chi connectivity index (χ2n) is 4.00. The quantitative estimate of drug-likeness (QED) is 0.886. The van der Waals surface area contributed by atoms with E-state index in [-0.39, 0.29) is 24.8 Å². The number of hydrogen-bond acceptors (Lipinski definition) is 3. The van der Waals surface area contributed by atoms with Gasteiger partial charge < -0.3 is 5.73 Å². The molecule has 3 nitrogen and oxygen atoms in total. The number of pyridine rings is 1. The summed E-state index contributed by atoms with van der Waals surface area (Å²) >= 11 is 0. The first-order chi connectivity index (χ1) is 6.84. The Bertz CT molecular complexity index is 282. The van der Waals surface area contributed by atoms with E-state index < -0.39 is 0 Å². The van der Waals surface area contributed by atoms with Crippen LogP contribution in [0.5, 0.6) is 0 Å². The van der Waals surface area contributed by atoms with Crippen LogP contribution in [0.25, 0.3) is 0 Å². The second-order valence-corrected chi connectivity index (χ2v) is 4.00. The standard InChI is InChI=1S/C11H17N3.2ClH/c12-11-4-2-6-14(9-11)8-10-3-1-5-13-7-10;;/h1,3,5,7,11H,2,4,6,8-9,12H2;2*1H. The molecule has 1 aliphatic heterocycles. The number of hydrogen-bond donors (Lipinski definition) is 1. The molecule has 0 aromatic carbocycles. The van der Waals surface area contributed by atoms with Gasteiger partial charge in [0.2, 0.25) is 0 Å². The molecule has 2 heterocycles. The summed E-state index contributed by atoms with van der Waals surface area (Å²) in [7, 11) is 0. The lowest BCUT2D eigenvalue weighted by molar-refractivity contribution is 0.201. The maximum Gasteiger partial charge on any atom is 0.0312 e. The molecular weight excluding hydrogens is 245 g/mol. The monoisotopic (exact) mass is 263 g/mol. The molecule has 0 saturated carbocycles. The summed E-state index contributed by atoms with van der Waals surface area (Å²) in [6.07, 6.45) is 6.14. The van der Waals surface area contributed by atoms with E-state index >= 15 is 0 Å². The Morgan fingerprint density at radius 3 is 2.88 bits per heavy atom. The minimum Gasteiger partial charge on any atom is -0.327 e. The van der Waals surface area contributed by atoms with Crippen LogP contribution in [0.15, 0.2) is 24.5 Å². The smallest absolute Gasteiger partial charge is 0.0312 e. The molecule has 1 saturated heterocycles. The van der Waals surface area contributed by atoms with Gasteiger partial charge in [-0.2, -0.15) is 0 Å². The Balaban J connectivity index is 0.00000112. The number of aromatic nitrogens is 1. The van der Waals surface area contributed by atoms with E-state index in [1.54, 1.807) is 0 Å². The highest BCUT2D eigenvalue weighted by Gasteiger charge is 2.16. The van der Waals surface area contributed by atoms with Crippen molar-refractivity contribution in [3.8, 4) is 0 Å². The number of rotatable bonds is 2. The normalized spacial score (nSPS) is 20.7. The molecule has 1 unspecified atom stereocenters. The van der Waals surface area contributed by atoms with Crippen molar-refractivity contribution in [1.82, 2.24) is 9.88 Å². The highest BCUT2D eigenvalue weighted by atomic mass is 35.5. The molecule has 1 aromatic heterocycles. The first-order valence-electron chi connectivity index (χ1n) is 5.21. The lowest BCUT2D eigenvalue weighted by Gasteiger charge is -2.30. The van der Waals surface area contributed by atoms with E-state index in [0.717, 1.165) is 13.1 Å². The fourth-order valence-electron chi connectivity index (χ4n) is 1.98. The highest BCUT2D eigenvalue weighted by Crippen LogP contribution is 2.11. The van der Waals surface area contributed by atoms with Gasteiger partial charge in [-0.15, -0.1) is 24.8 Å². The maximum atomic E-state index is 5.92. The molecular formula is C11H19Cl2N3. The predicted octanol–water partition coefficient (Wildman–Crippen LogP) is 1.85. The van der Waals surface area contributed by atoms with Gasteiger partial charge in [-0.1, -0.05) is 6.07 Å². The third-order valence-electron chi connectivity index (χ3n) is 2.67. The van der Waals surface area contributed by atoms with Gasteiger partial charge in [0.1, 0.15) is 0 Å². The molecule has 1 aliphatic rings. The van der Waals surface area contributed by atoms with Crippen LogP contribution < -0.4 is 5.73 Å². The van der Waals surface area contributed by atoms with Crippen LogP contribution in [0.4, 0.5) is 0 Å². The van der Waals surface area contributed by atoms with Crippen molar-refractivity contribution in [2.75, 3.05) is 13.1 Å². The minimum absolute atomic E-state index is 0. The third-order valence-corrected chi connectivity index (χ3v) is 2.67. The third kappa shape index (κ3) is 4.66. The van der Waals surface area contributed by atoms with Gasteiger partial charge in [-0.05, 0) is 31.0 Å². The van der Waals surface area contributed by atoms with Crippen molar-refractivity contribution in [2.24, 2.45) is 5.73 Å². The average Bonchev–Trinajstić information content (AvgIpc) is 2.19. The summed E-state index contributed by atoms with van der Waals surface area (Å²) < 4.78 is 0. The zero-order chi connectivity index (χ0) is 9.80. The largest absolute Gasteiger partial charge is 0.327 e. The SMILES string of the molecule is Cl.Cl.NC1CCCN(Cc2cccnc2)C1. The van der Waals surface area contributed by atoms with E-state index in [2.05, 4.69) is 16.0 Å². The molecule has 2 rings (SSSR count). The fourth-order valence-corrected chi connectivity index (χ4v) is 1.98. The number of likely N-dealkylation sites (tertiary alicyclic amines) is 1. The van der Waals surface area contributed by atoms with E-state index in [1.807, 2.05) is 18.5 Å². The summed E-state index contributed by atoms with van der Waals surface area (Å²) in [5, 5.41) is 0. The molecule has 1 atom stereocenters. The van der Waals surface area contributed by atoms with Gasteiger partial charge in [0.05, 0.1) is 0 Å². The Hall–Kier alpha value is -0.350. The van der Waals surface area contributed by atoms with Gasteiger partial charge >= 0.3 is 0 Å². The van der Waals surface area contributed by atoms with Crippen molar-refractivity contribution >= 4 is 24.8 Å². The molecule has 0 amide bonds. The van der Waals surface area contributed by atoms with Crippen molar-refractivity contribution in [3.05, 3.63) is 30.1 Å². The molecule has 0 spiro atoms. The van der Waals surface area contributed by atoms with Crippen LogP contribution in [0, 0.1) is 0 Å². The van der Waals surface area contributed by atoms with Gasteiger partial charge in [-0.3, -0.25) is 9.88 Å². The molecule has 0 bridgehead atoms. The van der Waals surface area contributed by atoms with E-state index in [1.165, 1.54) is 24.9 Å². The number of piperidine rings is 1. The summed E-state index contributed by atoms with van der Waals surface area (Å²) in [5.41, 5.74) is 7.20. The molecule has 0 radical (unpaired) electrons. The van der Waals surface area contributed by atoms with Crippen LogP contribution in [-0.2, 0) is 6.54 Å². The van der Waals surface area contributed by atoms with Crippen LogP contribution >= 0.6 is 24.8 Å². The summed E-state index contributed by atoms with van der Waals surface area (Å²) in [5.74, 6) is 0. The number of nitrogens with two attached hydrogens (primary N) is 1. The molecule has 1 fully saturated rings. The van der Waals surface area contributed by atoms with Crippen molar-refractivity contribution < 1.29 is 0 Å². The topological polar surface area (TPSA) is 42.1 Å². The first kappa shape index (κ1) is 15.7. The Kier molecular flexibility index (Phi) is 7.68. The molecule has 0 aliphatic carbocycles. The van der Waals surface area contributed by atoms with Gasteiger partial charge in [0.15, 0.2) is 0 Å². The average molecular weight is 264 g/mol. The lowest BCUT2D eigenvalue weighted by atomic mass is 10.1. The van der Waals surface area contributed by atoms with Crippen LogP contribution in [0.1, 0.15) is 18.4 Å². The summed E-state index contributed by atoms with van der Waals surface area (Å²) in [6, 6.07) is 4.47. The van der Waals surface area contributed by atoms with Crippen LogP contribution in [0.2, 0.25) is 0 Å². The predicted molar refractivity (Wildman–Crippen MR) is 71.2 cm³/mol. The van der Waals surface area contributed by atoms with Crippen LogP contribution in [0.3, 0.4) is 0 Å². The van der Waals surface area contributed by atoms with Gasteiger partial charge in [0, 0.05) is 31.5 Å². The van der Waals surface area contributed by atoms with E-state index in [4.69, 9.17) is 5.73 Å². The molecule has 5 heteroatoms. The van der Waals surface area contributed by atoms with Gasteiger partial charge in [0.25, 0.3) is 0 Å². The number of nitrogens with zero attached hydrogens (tertiary/aromatic N) is 2. The first-order valence-corrected chi connectivity index (χ1v) is 5.21. The molecule has 1 aromatic rings. The zero-order valence-corrected chi connectivity index (χ0v) is 10.8. The van der Waals surface area contributed by atoms with Crippen molar-refractivity contribution in [2.45, 2.75) is 25.4 Å². The number of halogens is 2.